The van der Waals surface area contributed by atoms with Crippen LogP contribution < -0.4 is 9.64 Å². The van der Waals surface area contributed by atoms with Crippen LogP contribution in [-0.2, 0) is 16.3 Å². The highest BCUT2D eigenvalue weighted by atomic mass is 32.2. The molecular formula is C22H30FN3O4S. The SMILES string of the molecule is CCc1noc(N2CCC([C@H]3C[C@H]3CCOc3ccc(S(=O)(=O)CC)c(F)c3)CC2)n1. The third-order valence-corrected chi connectivity index (χ3v) is 8.30. The molecule has 2 fully saturated rings. The molecule has 1 saturated heterocycles. The van der Waals surface area contributed by atoms with Crippen LogP contribution >= 0.6 is 0 Å². The molecule has 0 amide bonds. The Balaban J connectivity index is 1.20. The topological polar surface area (TPSA) is 85.5 Å². The fourth-order valence-electron chi connectivity index (χ4n) is 4.52. The van der Waals surface area contributed by atoms with E-state index in [1.54, 1.807) is 0 Å². The van der Waals surface area contributed by atoms with E-state index >= 15 is 0 Å². The van der Waals surface area contributed by atoms with Gasteiger partial charge in [0.2, 0.25) is 0 Å². The van der Waals surface area contributed by atoms with Gasteiger partial charge in [-0.15, -0.1) is 0 Å². The first-order chi connectivity index (χ1) is 14.9. The first-order valence-electron chi connectivity index (χ1n) is 11.1. The van der Waals surface area contributed by atoms with Gasteiger partial charge in [0.1, 0.15) is 16.5 Å². The van der Waals surface area contributed by atoms with Crippen LogP contribution in [0.3, 0.4) is 0 Å². The van der Waals surface area contributed by atoms with Crippen molar-refractivity contribution in [3.63, 3.8) is 0 Å². The van der Waals surface area contributed by atoms with Crippen molar-refractivity contribution in [1.29, 1.82) is 0 Å². The zero-order chi connectivity index (χ0) is 22.0. The average Bonchev–Trinajstić information content (AvgIpc) is 3.38. The van der Waals surface area contributed by atoms with Gasteiger partial charge < -0.3 is 14.2 Å². The van der Waals surface area contributed by atoms with E-state index < -0.39 is 15.7 Å². The summed E-state index contributed by atoms with van der Waals surface area (Å²) < 4.78 is 48.9. The number of hydrogen-bond donors (Lipinski definition) is 0. The van der Waals surface area contributed by atoms with E-state index in [-0.39, 0.29) is 10.6 Å². The minimum absolute atomic E-state index is 0.124. The zero-order valence-corrected chi connectivity index (χ0v) is 18.9. The Kier molecular flexibility index (Phi) is 6.50. The summed E-state index contributed by atoms with van der Waals surface area (Å²) in [6.45, 7) is 5.92. The van der Waals surface area contributed by atoms with Crippen LogP contribution in [0.5, 0.6) is 5.75 Å². The summed E-state index contributed by atoms with van der Waals surface area (Å²) in [5.41, 5.74) is 0. The van der Waals surface area contributed by atoms with Crippen LogP contribution in [0.2, 0.25) is 0 Å². The van der Waals surface area contributed by atoms with Crippen molar-refractivity contribution >= 4 is 15.9 Å². The number of rotatable bonds is 9. The summed E-state index contributed by atoms with van der Waals surface area (Å²) in [6, 6.07) is 4.64. The van der Waals surface area contributed by atoms with E-state index in [4.69, 9.17) is 9.26 Å². The minimum Gasteiger partial charge on any atom is -0.493 e. The monoisotopic (exact) mass is 451 g/mol. The van der Waals surface area contributed by atoms with Crippen molar-refractivity contribution in [3.8, 4) is 5.75 Å². The summed E-state index contributed by atoms with van der Waals surface area (Å²) >= 11 is 0. The number of ether oxygens (including phenoxy) is 1. The maximum atomic E-state index is 14.1. The molecule has 9 heteroatoms. The molecule has 1 aliphatic heterocycles. The van der Waals surface area contributed by atoms with Crippen molar-refractivity contribution in [2.45, 2.75) is 50.8 Å². The fraction of sp³-hybridized carbons (Fsp3) is 0.636. The van der Waals surface area contributed by atoms with E-state index in [0.717, 1.165) is 50.5 Å². The van der Waals surface area contributed by atoms with E-state index in [0.29, 0.717) is 30.2 Å². The predicted molar refractivity (Wildman–Crippen MR) is 114 cm³/mol. The van der Waals surface area contributed by atoms with Crippen molar-refractivity contribution in [2.24, 2.45) is 17.8 Å². The minimum atomic E-state index is -3.56. The van der Waals surface area contributed by atoms with Crippen molar-refractivity contribution in [3.05, 3.63) is 29.8 Å². The first kappa shape index (κ1) is 22.0. The van der Waals surface area contributed by atoms with Crippen LogP contribution in [-0.4, -0.2) is 44.0 Å². The number of sulfone groups is 1. The van der Waals surface area contributed by atoms with Gasteiger partial charge in [-0.2, -0.15) is 4.98 Å². The molecule has 1 aromatic heterocycles. The highest BCUT2D eigenvalue weighted by molar-refractivity contribution is 7.91. The van der Waals surface area contributed by atoms with E-state index in [1.807, 2.05) is 6.92 Å². The van der Waals surface area contributed by atoms with Gasteiger partial charge >= 0.3 is 6.01 Å². The van der Waals surface area contributed by atoms with Crippen LogP contribution in [0.15, 0.2) is 27.6 Å². The van der Waals surface area contributed by atoms with E-state index in [1.165, 1.54) is 31.5 Å². The number of aromatic nitrogens is 2. The predicted octanol–water partition coefficient (Wildman–Crippen LogP) is 3.89. The van der Waals surface area contributed by atoms with Crippen molar-refractivity contribution in [1.82, 2.24) is 10.1 Å². The number of benzene rings is 1. The molecular weight excluding hydrogens is 421 g/mol. The van der Waals surface area contributed by atoms with Gasteiger partial charge in [-0.3, -0.25) is 0 Å². The molecule has 4 rings (SSSR count). The molecule has 1 aliphatic carbocycles. The molecule has 31 heavy (non-hydrogen) atoms. The number of halogens is 1. The molecule has 0 bridgehead atoms. The molecule has 2 heterocycles. The molecule has 0 spiro atoms. The molecule has 0 N–H and O–H groups in total. The lowest BCUT2D eigenvalue weighted by Crippen LogP contribution is -2.34. The first-order valence-corrected chi connectivity index (χ1v) is 12.8. The Morgan fingerprint density at radius 3 is 2.68 bits per heavy atom. The van der Waals surface area contributed by atoms with Crippen molar-refractivity contribution < 1.29 is 22.1 Å². The summed E-state index contributed by atoms with van der Waals surface area (Å²) in [7, 11) is -3.56. The molecule has 7 nitrogen and oxygen atoms in total. The summed E-state index contributed by atoms with van der Waals surface area (Å²) in [4.78, 5) is 6.34. The Morgan fingerprint density at radius 2 is 2.03 bits per heavy atom. The number of hydrogen-bond acceptors (Lipinski definition) is 7. The number of nitrogens with zero attached hydrogens (tertiary/aromatic N) is 3. The average molecular weight is 452 g/mol. The quantitative estimate of drug-likeness (QED) is 0.572. The maximum absolute atomic E-state index is 14.1. The summed E-state index contributed by atoms with van der Waals surface area (Å²) in [5.74, 6) is 2.35. The number of aryl methyl sites for hydroxylation is 1. The fourth-order valence-corrected chi connectivity index (χ4v) is 5.47. The molecule has 1 aromatic carbocycles. The smallest absolute Gasteiger partial charge is 0.324 e. The molecule has 2 aromatic rings. The van der Waals surface area contributed by atoms with Crippen molar-refractivity contribution in [2.75, 3.05) is 30.3 Å². The molecule has 1 saturated carbocycles. The second kappa shape index (κ2) is 9.14. The third-order valence-electron chi connectivity index (χ3n) is 6.54. The Morgan fingerprint density at radius 1 is 1.26 bits per heavy atom. The normalized spacial score (nSPS) is 22.0. The standard InChI is InChI=1S/C22H30FN3O4S/c1-3-21-24-22(30-25-21)26-10-7-15(8-11-26)18-13-16(18)9-12-29-17-5-6-20(19(23)14-17)31(27,28)4-2/h5-6,14-16,18H,3-4,7-13H2,1-2H3/t16-,18-/m1/s1. The van der Waals surface area contributed by atoms with Crippen LogP contribution in [0.1, 0.15) is 45.4 Å². The third kappa shape index (κ3) is 5.02. The largest absolute Gasteiger partial charge is 0.493 e. The Bertz CT molecular complexity index is 1000. The zero-order valence-electron chi connectivity index (χ0n) is 18.1. The second-order valence-corrected chi connectivity index (χ2v) is 10.7. The molecule has 2 atom stereocenters. The van der Waals surface area contributed by atoms with Gasteiger partial charge in [-0.05, 0) is 55.6 Å². The van der Waals surface area contributed by atoms with Gasteiger partial charge in [0.25, 0.3) is 0 Å². The van der Waals surface area contributed by atoms with Gasteiger partial charge in [-0.1, -0.05) is 19.0 Å². The summed E-state index contributed by atoms with van der Waals surface area (Å²) in [6.07, 6.45) is 5.19. The van der Waals surface area contributed by atoms with Gasteiger partial charge in [0, 0.05) is 25.6 Å². The highest BCUT2D eigenvalue weighted by Crippen LogP contribution is 2.50. The molecule has 0 radical (unpaired) electrons. The van der Waals surface area contributed by atoms with Crippen LogP contribution in [0, 0.1) is 23.6 Å². The molecule has 170 valence electrons. The Labute approximate surface area is 182 Å². The van der Waals surface area contributed by atoms with E-state index in [2.05, 4.69) is 15.0 Å². The second-order valence-electron chi connectivity index (χ2n) is 8.46. The maximum Gasteiger partial charge on any atom is 0.324 e. The molecule has 2 aliphatic rings. The van der Waals surface area contributed by atoms with Crippen LogP contribution in [0.4, 0.5) is 10.4 Å². The van der Waals surface area contributed by atoms with E-state index in [9.17, 15) is 12.8 Å². The number of anilines is 1. The van der Waals surface area contributed by atoms with Gasteiger partial charge in [0.05, 0.1) is 12.4 Å². The Hall–Kier alpha value is -2.16. The van der Waals surface area contributed by atoms with Crippen LogP contribution in [0.25, 0.3) is 0 Å². The lowest BCUT2D eigenvalue weighted by atomic mass is 9.90. The highest BCUT2D eigenvalue weighted by Gasteiger charge is 2.43. The summed E-state index contributed by atoms with van der Waals surface area (Å²) in [5, 5.41) is 3.98. The number of piperidine rings is 1. The van der Waals surface area contributed by atoms with Gasteiger partial charge in [-0.25, -0.2) is 12.8 Å². The lowest BCUT2D eigenvalue weighted by Gasteiger charge is -2.30. The lowest BCUT2D eigenvalue weighted by molar-refractivity contribution is 0.281. The van der Waals surface area contributed by atoms with Gasteiger partial charge in [0.15, 0.2) is 15.7 Å². The molecule has 0 unspecified atom stereocenters.